The van der Waals surface area contributed by atoms with Crippen LogP contribution in [0.2, 0.25) is 0 Å². The smallest absolute Gasteiger partial charge is 0.257 e. The summed E-state index contributed by atoms with van der Waals surface area (Å²) in [6.45, 7) is 6.58. The number of carbonyl (C=O) groups is 1. The standard InChI is InChI=1S/C19H24N4O4/c1-13-20-18(27-21-13)19-11-22(16-3-6-25-7-4-16)8-15(19)9-23(12-19)17(24)14-2-5-26-10-14/h2,5,10,15-16H,3-4,6-9,11-12H2,1H3/t15-,19-/m1/s1. The Hall–Kier alpha value is -2.19. The van der Waals surface area contributed by atoms with E-state index < -0.39 is 0 Å². The minimum atomic E-state index is -0.293. The first-order valence-electron chi connectivity index (χ1n) is 9.60. The van der Waals surface area contributed by atoms with E-state index in [0.717, 1.165) is 39.1 Å². The van der Waals surface area contributed by atoms with E-state index in [1.54, 1.807) is 6.07 Å². The van der Waals surface area contributed by atoms with Crippen molar-refractivity contribution in [1.82, 2.24) is 19.9 Å². The molecule has 1 amide bonds. The zero-order valence-corrected chi connectivity index (χ0v) is 15.5. The molecule has 27 heavy (non-hydrogen) atoms. The molecule has 8 nitrogen and oxygen atoms in total. The molecule has 0 saturated carbocycles. The molecule has 2 aromatic heterocycles. The molecule has 0 radical (unpaired) electrons. The normalized spacial score (nSPS) is 29.4. The number of likely N-dealkylation sites (tertiary alicyclic amines) is 2. The van der Waals surface area contributed by atoms with E-state index in [4.69, 9.17) is 13.7 Å². The number of hydrogen-bond donors (Lipinski definition) is 0. The number of nitrogens with zero attached hydrogens (tertiary/aromatic N) is 4. The maximum atomic E-state index is 12.9. The van der Waals surface area contributed by atoms with Crippen LogP contribution in [-0.4, -0.2) is 71.3 Å². The van der Waals surface area contributed by atoms with Crippen molar-refractivity contribution in [3.05, 3.63) is 35.9 Å². The van der Waals surface area contributed by atoms with Gasteiger partial charge in [-0.2, -0.15) is 4.98 Å². The fraction of sp³-hybridized carbons (Fsp3) is 0.632. The van der Waals surface area contributed by atoms with Gasteiger partial charge in [-0.15, -0.1) is 0 Å². The third-order valence-electron chi connectivity index (χ3n) is 6.35. The predicted octanol–water partition coefficient (Wildman–Crippen LogP) is 1.48. The van der Waals surface area contributed by atoms with Gasteiger partial charge in [0.05, 0.1) is 17.2 Å². The molecule has 8 heteroatoms. The molecular formula is C19H24N4O4. The average Bonchev–Trinajstić information content (AvgIpc) is 3.44. The predicted molar refractivity (Wildman–Crippen MR) is 94.2 cm³/mol. The van der Waals surface area contributed by atoms with E-state index in [9.17, 15) is 4.79 Å². The molecule has 3 aliphatic rings. The molecule has 3 fully saturated rings. The number of fused-ring (bicyclic) bond motifs is 1. The van der Waals surface area contributed by atoms with Gasteiger partial charge in [-0.3, -0.25) is 9.69 Å². The summed E-state index contributed by atoms with van der Waals surface area (Å²) in [5, 5.41) is 4.03. The van der Waals surface area contributed by atoms with Gasteiger partial charge in [0.15, 0.2) is 5.82 Å². The highest BCUT2D eigenvalue weighted by molar-refractivity contribution is 5.94. The number of hydrogen-bond acceptors (Lipinski definition) is 7. The van der Waals surface area contributed by atoms with E-state index >= 15 is 0 Å². The molecule has 0 bridgehead atoms. The third-order valence-corrected chi connectivity index (χ3v) is 6.35. The van der Waals surface area contributed by atoms with Gasteiger partial charge >= 0.3 is 0 Å². The van der Waals surface area contributed by atoms with Gasteiger partial charge in [0.1, 0.15) is 6.26 Å². The molecule has 3 aliphatic heterocycles. The molecule has 0 unspecified atom stereocenters. The van der Waals surface area contributed by atoms with Gasteiger partial charge in [-0.25, -0.2) is 0 Å². The molecule has 0 aromatic carbocycles. The molecular weight excluding hydrogens is 348 g/mol. The second kappa shape index (κ2) is 6.45. The summed E-state index contributed by atoms with van der Waals surface area (Å²) in [6, 6.07) is 2.25. The molecule has 0 spiro atoms. The monoisotopic (exact) mass is 372 g/mol. The Morgan fingerprint density at radius 2 is 2.11 bits per heavy atom. The Morgan fingerprint density at radius 1 is 1.26 bits per heavy atom. The van der Waals surface area contributed by atoms with Gasteiger partial charge in [-0.1, -0.05) is 5.16 Å². The summed E-state index contributed by atoms with van der Waals surface area (Å²) in [4.78, 5) is 21.9. The van der Waals surface area contributed by atoms with Crippen LogP contribution in [0.3, 0.4) is 0 Å². The topological polar surface area (TPSA) is 84.8 Å². The highest BCUT2D eigenvalue weighted by Crippen LogP contribution is 2.45. The number of amides is 1. The number of aryl methyl sites for hydroxylation is 1. The molecule has 0 N–H and O–H groups in total. The fourth-order valence-electron chi connectivity index (χ4n) is 4.96. The molecule has 144 valence electrons. The van der Waals surface area contributed by atoms with Gasteiger partial charge in [0.25, 0.3) is 5.91 Å². The van der Waals surface area contributed by atoms with Crippen LogP contribution in [0.5, 0.6) is 0 Å². The summed E-state index contributed by atoms with van der Waals surface area (Å²) in [6.07, 6.45) is 5.16. The third kappa shape index (κ3) is 2.78. The molecule has 3 saturated heterocycles. The average molecular weight is 372 g/mol. The van der Waals surface area contributed by atoms with Crippen LogP contribution in [0.25, 0.3) is 0 Å². The summed E-state index contributed by atoms with van der Waals surface area (Å²) in [5.41, 5.74) is 0.298. The van der Waals surface area contributed by atoms with Gasteiger partial charge in [0, 0.05) is 51.4 Å². The molecule has 5 heterocycles. The maximum Gasteiger partial charge on any atom is 0.257 e. The minimum Gasteiger partial charge on any atom is -0.472 e. The van der Waals surface area contributed by atoms with Crippen LogP contribution >= 0.6 is 0 Å². The first-order chi connectivity index (χ1) is 13.2. The fourth-order valence-corrected chi connectivity index (χ4v) is 4.96. The summed E-state index contributed by atoms with van der Waals surface area (Å²) >= 11 is 0. The van der Waals surface area contributed by atoms with Gasteiger partial charge < -0.3 is 18.6 Å². The van der Waals surface area contributed by atoms with Crippen molar-refractivity contribution < 1.29 is 18.5 Å². The summed E-state index contributed by atoms with van der Waals surface area (Å²) in [7, 11) is 0. The Balaban J connectivity index is 1.43. The highest BCUT2D eigenvalue weighted by atomic mass is 16.5. The van der Waals surface area contributed by atoms with E-state index in [0.29, 0.717) is 36.4 Å². The lowest BCUT2D eigenvalue weighted by atomic mass is 9.81. The maximum absolute atomic E-state index is 12.9. The second-order valence-electron chi connectivity index (χ2n) is 7.97. The Bertz CT molecular complexity index is 814. The molecule has 2 aromatic rings. The van der Waals surface area contributed by atoms with Crippen LogP contribution in [0.15, 0.2) is 27.5 Å². The zero-order valence-electron chi connectivity index (χ0n) is 15.5. The Labute approximate surface area is 157 Å². The molecule has 5 rings (SSSR count). The SMILES string of the molecule is Cc1noc([C@]23CN(C(=O)c4ccoc4)C[C@H]2CN(C2CCOCC2)C3)n1. The van der Waals surface area contributed by atoms with E-state index in [1.807, 2.05) is 11.8 Å². The Kier molecular flexibility index (Phi) is 4.05. The van der Waals surface area contributed by atoms with Crippen molar-refractivity contribution in [1.29, 1.82) is 0 Å². The zero-order chi connectivity index (χ0) is 18.4. The lowest BCUT2D eigenvalue weighted by Crippen LogP contribution is -2.44. The van der Waals surface area contributed by atoms with Crippen molar-refractivity contribution in [2.24, 2.45) is 5.92 Å². The van der Waals surface area contributed by atoms with Crippen LogP contribution in [-0.2, 0) is 10.2 Å². The van der Waals surface area contributed by atoms with Crippen molar-refractivity contribution in [2.45, 2.75) is 31.2 Å². The number of aromatic nitrogens is 2. The van der Waals surface area contributed by atoms with Crippen LogP contribution < -0.4 is 0 Å². The summed E-state index contributed by atoms with van der Waals surface area (Å²) in [5.74, 6) is 1.60. The van der Waals surface area contributed by atoms with Gasteiger partial charge in [0.2, 0.25) is 5.89 Å². The minimum absolute atomic E-state index is 0.00591. The second-order valence-corrected chi connectivity index (χ2v) is 7.97. The lowest BCUT2D eigenvalue weighted by molar-refractivity contribution is 0.0369. The number of rotatable bonds is 3. The van der Waals surface area contributed by atoms with Crippen LogP contribution in [0, 0.1) is 12.8 Å². The van der Waals surface area contributed by atoms with Crippen molar-refractivity contribution in [3.63, 3.8) is 0 Å². The first kappa shape index (κ1) is 16.9. The molecule has 0 aliphatic carbocycles. The quantitative estimate of drug-likeness (QED) is 0.807. The highest BCUT2D eigenvalue weighted by Gasteiger charge is 2.58. The summed E-state index contributed by atoms with van der Waals surface area (Å²) < 4.78 is 16.3. The lowest BCUT2D eigenvalue weighted by Gasteiger charge is -2.33. The van der Waals surface area contributed by atoms with Crippen molar-refractivity contribution in [3.8, 4) is 0 Å². The Morgan fingerprint density at radius 3 is 2.81 bits per heavy atom. The first-order valence-corrected chi connectivity index (χ1v) is 9.60. The van der Waals surface area contributed by atoms with E-state index in [2.05, 4.69) is 15.0 Å². The molecule has 2 atom stereocenters. The van der Waals surface area contributed by atoms with Crippen LogP contribution in [0.1, 0.15) is 34.9 Å². The van der Waals surface area contributed by atoms with E-state index in [1.165, 1.54) is 12.5 Å². The number of carbonyl (C=O) groups excluding carboxylic acids is 1. The van der Waals surface area contributed by atoms with Crippen molar-refractivity contribution in [2.75, 3.05) is 39.4 Å². The van der Waals surface area contributed by atoms with E-state index in [-0.39, 0.29) is 17.2 Å². The largest absolute Gasteiger partial charge is 0.472 e. The van der Waals surface area contributed by atoms with Crippen LogP contribution in [0.4, 0.5) is 0 Å². The number of furan rings is 1. The van der Waals surface area contributed by atoms with Gasteiger partial charge in [-0.05, 0) is 25.8 Å². The number of ether oxygens (including phenoxy) is 1. The van der Waals surface area contributed by atoms with Crippen molar-refractivity contribution >= 4 is 5.91 Å².